The van der Waals surface area contributed by atoms with Crippen LogP contribution in [0.15, 0.2) is 54.6 Å². The van der Waals surface area contributed by atoms with Crippen molar-refractivity contribution in [2.45, 2.75) is 64.1 Å². The monoisotopic (exact) mass is 466 g/mol. The van der Waals surface area contributed by atoms with Crippen molar-refractivity contribution in [2.24, 2.45) is 17.8 Å². The molecule has 0 aliphatic heterocycles. The molecule has 0 heterocycles. The highest BCUT2D eigenvalue weighted by Crippen LogP contribution is 2.37. The summed E-state index contributed by atoms with van der Waals surface area (Å²) in [7, 11) is 0. The van der Waals surface area contributed by atoms with Crippen molar-refractivity contribution in [3.05, 3.63) is 54.6 Å². The molecule has 1 aromatic rings. The van der Waals surface area contributed by atoms with Crippen LogP contribution in [0.25, 0.3) is 0 Å². The van der Waals surface area contributed by atoms with Gasteiger partial charge in [0.2, 0.25) is 0 Å². The maximum atomic E-state index is 14.3. The predicted molar refractivity (Wildman–Crippen MR) is 123 cm³/mol. The standard InChI is InChI=1S/C26H36F2O5/c1-19(2)17-32-25(31)13-9-4-3-8-12-21-22(24(30)16-23(21)29)14-15-26(27,28)18-33-20-10-6-5-7-11-20/h3,5-8,10-11,14-15,19,21-24,29-30H,4,9,12-13,16-18H2,1-2H3/b8-3-,15-14+/t21-,22-,23+,24-/m1/s1. The lowest BCUT2D eigenvalue weighted by Crippen LogP contribution is -2.25. The number of halogens is 2. The van der Waals surface area contributed by atoms with Crippen molar-refractivity contribution in [2.75, 3.05) is 13.2 Å². The minimum atomic E-state index is -3.20. The molecule has 0 radical (unpaired) electrons. The zero-order valence-corrected chi connectivity index (χ0v) is 19.4. The average Bonchev–Trinajstić information content (AvgIpc) is 3.04. The van der Waals surface area contributed by atoms with Crippen LogP contribution in [0, 0.1) is 17.8 Å². The van der Waals surface area contributed by atoms with E-state index >= 15 is 0 Å². The number of alkyl halides is 2. The van der Waals surface area contributed by atoms with Gasteiger partial charge in [-0.05, 0) is 49.3 Å². The highest BCUT2D eigenvalue weighted by Gasteiger charge is 2.40. The van der Waals surface area contributed by atoms with Crippen LogP contribution in [0.5, 0.6) is 5.75 Å². The molecule has 2 rings (SSSR count). The molecular formula is C26H36F2O5. The third kappa shape index (κ3) is 10.0. The molecule has 1 fully saturated rings. The zero-order valence-electron chi connectivity index (χ0n) is 19.4. The number of carbonyl (C=O) groups excluding carboxylic acids is 1. The van der Waals surface area contributed by atoms with Crippen LogP contribution in [0.1, 0.15) is 46.0 Å². The van der Waals surface area contributed by atoms with E-state index in [-0.39, 0.29) is 18.3 Å². The van der Waals surface area contributed by atoms with Gasteiger partial charge in [0.1, 0.15) is 5.75 Å². The molecule has 0 bridgehead atoms. The first-order chi connectivity index (χ1) is 15.7. The van der Waals surface area contributed by atoms with Gasteiger partial charge >= 0.3 is 5.97 Å². The maximum Gasteiger partial charge on any atom is 0.305 e. The fourth-order valence-electron chi connectivity index (χ4n) is 3.77. The van der Waals surface area contributed by atoms with E-state index in [1.54, 1.807) is 30.3 Å². The zero-order chi connectivity index (χ0) is 24.3. The molecule has 33 heavy (non-hydrogen) atoms. The number of esters is 1. The van der Waals surface area contributed by atoms with Crippen LogP contribution < -0.4 is 4.74 Å². The largest absolute Gasteiger partial charge is 0.487 e. The van der Waals surface area contributed by atoms with Crippen molar-refractivity contribution >= 4 is 5.97 Å². The van der Waals surface area contributed by atoms with E-state index in [1.165, 1.54) is 6.08 Å². The van der Waals surface area contributed by atoms with Crippen LogP contribution in [-0.4, -0.2) is 47.5 Å². The Kier molecular flexibility index (Phi) is 11.0. The fraction of sp³-hybridized carbons (Fsp3) is 0.577. The van der Waals surface area contributed by atoms with Crippen molar-refractivity contribution in [3.8, 4) is 5.75 Å². The van der Waals surface area contributed by atoms with Gasteiger partial charge in [0.05, 0.1) is 18.8 Å². The van der Waals surface area contributed by atoms with Crippen LogP contribution in [0.3, 0.4) is 0 Å². The Morgan fingerprint density at radius 2 is 1.91 bits per heavy atom. The Hall–Kier alpha value is -2.25. The lowest BCUT2D eigenvalue weighted by atomic mass is 9.89. The lowest BCUT2D eigenvalue weighted by Gasteiger charge is -2.20. The second kappa shape index (κ2) is 13.5. The molecule has 0 saturated heterocycles. The molecule has 5 nitrogen and oxygen atoms in total. The first-order valence-corrected chi connectivity index (χ1v) is 11.6. The second-order valence-electron chi connectivity index (χ2n) is 9.01. The van der Waals surface area contributed by atoms with Crippen LogP contribution >= 0.6 is 0 Å². The molecule has 1 aliphatic carbocycles. The minimum absolute atomic E-state index is 0.154. The van der Waals surface area contributed by atoms with Crippen molar-refractivity contribution in [3.63, 3.8) is 0 Å². The van der Waals surface area contributed by atoms with Gasteiger partial charge in [0, 0.05) is 18.8 Å². The number of rotatable bonds is 13. The molecule has 4 atom stereocenters. The van der Waals surface area contributed by atoms with Crippen molar-refractivity contribution in [1.82, 2.24) is 0 Å². The number of aliphatic hydroxyl groups excluding tert-OH is 2. The van der Waals surface area contributed by atoms with Crippen LogP contribution in [-0.2, 0) is 9.53 Å². The molecule has 1 aliphatic rings. The molecule has 1 aromatic carbocycles. The number of hydrogen-bond acceptors (Lipinski definition) is 5. The van der Waals surface area contributed by atoms with Gasteiger partial charge in [-0.1, -0.05) is 50.3 Å². The van der Waals surface area contributed by atoms with Gasteiger partial charge in [0.25, 0.3) is 5.92 Å². The summed E-state index contributed by atoms with van der Waals surface area (Å²) in [6.45, 7) is 3.57. The van der Waals surface area contributed by atoms with Crippen LogP contribution in [0.2, 0.25) is 0 Å². The summed E-state index contributed by atoms with van der Waals surface area (Å²) in [4.78, 5) is 11.6. The summed E-state index contributed by atoms with van der Waals surface area (Å²) in [5.74, 6) is -3.67. The van der Waals surface area contributed by atoms with E-state index < -0.39 is 30.7 Å². The van der Waals surface area contributed by atoms with Gasteiger partial charge in [-0.15, -0.1) is 0 Å². The second-order valence-corrected chi connectivity index (χ2v) is 9.01. The summed E-state index contributed by atoms with van der Waals surface area (Å²) >= 11 is 0. The number of hydrogen-bond donors (Lipinski definition) is 2. The van der Waals surface area contributed by atoms with E-state index in [2.05, 4.69) is 0 Å². The first-order valence-electron chi connectivity index (χ1n) is 11.6. The quantitative estimate of drug-likeness (QED) is 0.245. The number of unbranched alkanes of at least 4 members (excludes halogenated alkanes) is 1. The first kappa shape index (κ1) is 27.0. The molecule has 0 aromatic heterocycles. The Bertz CT molecular complexity index is 763. The Morgan fingerprint density at radius 1 is 1.18 bits per heavy atom. The molecule has 7 heteroatoms. The van der Waals surface area contributed by atoms with E-state index in [0.717, 1.165) is 6.08 Å². The number of ether oxygens (including phenoxy) is 2. The topological polar surface area (TPSA) is 76.0 Å². The molecular weight excluding hydrogens is 430 g/mol. The smallest absolute Gasteiger partial charge is 0.305 e. The Balaban J connectivity index is 1.80. The Morgan fingerprint density at radius 3 is 2.61 bits per heavy atom. The normalized spacial score (nSPS) is 23.6. The van der Waals surface area contributed by atoms with Gasteiger partial charge < -0.3 is 19.7 Å². The van der Waals surface area contributed by atoms with E-state index in [9.17, 15) is 23.8 Å². The van der Waals surface area contributed by atoms with Crippen molar-refractivity contribution in [1.29, 1.82) is 0 Å². The van der Waals surface area contributed by atoms with E-state index in [4.69, 9.17) is 9.47 Å². The number of allylic oxidation sites excluding steroid dienone is 2. The molecule has 0 amide bonds. The SMILES string of the molecule is CC(C)COC(=O)CCC/C=C\C[C@@H]1[C@@H](/C=C/C(F)(F)COc2ccccc2)[C@H](O)C[C@@H]1O. The molecule has 1 saturated carbocycles. The third-order valence-corrected chi connectivity index (χ3v) is 5.56. The maximum absolute atomic E-state index is 14.3. The summed E-state index contributed by atoms with van der Waals surface area (Å²) in [5.41, 5.74) is 0. The third-order valence-electron chi connectivity index (χ3n) is 5.56. The van der Waals surface area contributed by atoms with Gasteiger partial charge in [0.15, 0.2) is 6.61 Å². The molecule has 0 unspecified atom stereocenters. The van der Waals surface area contributed by atoms with Crippen molar-refractivity contribution < 1.29 is 33.3 Å². The highest BCUT2D eigenvalue weighted by atomic mass is 19.3. The average molecular weight is 467 g/mol. The predicted octanol–water partition coefficient (Wildman–Crippen LogP) is 4.93. The van der Waals surface area contributed by atoms with Gasteiger partial charge in [-0.3, -0.25) is 4.79 Å². The summed E-state index contributed by atoms with van der Waals surface area (Å²) < 4.78 is 38.8. The fourth-order valence-corrected chi connectivity index (χ4v) is 3.77. The molecule has 2 N–H and O–H groups in total. The summed E-state index contributed by atoms with van der Waals surface area (Å²) in [6, 6.07) is 8.39. The van der Waals surface area contributed by atoms with E-state index in [0.29, 0.717) is 44.0 Å². The molecule has 0 spiro atoms. The number of benzene rings is 1. The number of aliphatic hydroxyl groups is 2. The Labute approximate surface area is 195 Å². The van der Waals surface area contributed by atoms with Crippen LogP contribution in [0.4, 0.5) is 8.78 Å². The summed E-state index contributed by atoms with van der Waals surface area (Å²) in [6.07, 6.45) is 6.50. The minimum Gasteiger partial charge on any atom is -0.487 e. The number of para-hydroxylation sites is 1. The molecule has 184 valence electrons. The van der Waals surface area contributed by atoms with E-state index in [1.807, 2.05) is 26.0 Å². The highest BCUT2D eigenvalue weighted by molar-refractivity contribution is 5.69. The van der Waals surface area contributed by atoms with Gasteiger partial charge in [-0.2, -0.15) is 8.78 Å². The number of carbonyl (C=O) groups is 1. The van der Waals surface area contributed by atoms with Gasteiger partial charge in [-0.25, -0.2) is 0 Å². The lowest BCUT2D eigenvalue weighted by molar-refractivity contribution is -0.144. The summed E-state index contributed by atoms with van der Waals surface area (Å²) in [5, 5.41) is 20.6.